The summed E-state index contributed by atoms with van der Waals surface area (Å²) in [6.45, 7) is 15.7. The summed E-state index contributed by atoms with van der Waals surface area (Å²) in [7, 11) is 0. The summed E-state index contributed by atoms with van der Waals surface area (Å²) >= 11 is 0. The third-order valence-electron chi connectivity index (χ3n) is 4.98. The molecule has 0 amide bonds. The Bertz CT molecular complexity index is 668. The molecule has 0 heterocycles. The molecule has 0 aliphatic rings. The molecule has 0 bridgehead atoms. The molecule has 29 heavy (non-hydrogen) atoms. The van der Waals surface area contributed by atoms with Crippen molar-refractivity contribution in [3.63, 3.8) is 0 Å². The first-order valence-corrected chi connectivity index (χ1v) is 10.4. The van der Waals surface area contributed by atoms with Gasteiger partial charge in [-0.1, -0.05) is 69.3 Å². The highest BCUT2D eigenvalue weighted by atomic mass is 35.5. The van der Waals surface area contributed by atoms with Crippen LogP contribution >= 0.6 is 0 Å². The highest BCUT2D eigenvalue weighted by molar-refractivity contribution is 5.20. The summed E-state index contributed by atoms with van der Waals surface area (Å²) < 4.78 is 11.6. The van der Waals surface area contributed by atoms with Crippen LogP contribution in [0.5, 0.6) is 5.75 Å². The molecule has 0 fully saturated rings. The minimum atomic E-state index is 0. The van der Waals surface area contributed by atoms with E-state index in [4.69, 9.17) is 9.47 Å². The van der Waals surface area contributed by atoms with Gasteiger partial charge >= 0.3 is 0 Å². The van der Waals surface area contributed by atoms with Crippen LogP contribution in [0, 0.1) is 5.41 Å². The SMILES string of the molecule is CC(C)(C)CC(C)(C)[NH+](CCOCCOc1ccccc1)Cc1ccccc1.[Cl-]. The average molecular weight is 420 g/mol. The van der Waals surface area contributed by atoms with Crippen molar-refractivity contribution < 1.29 is 26.8 Å². The molecule has 0 aliphatic heterocycles. The molecule has 1 atom stereocenters. The second kappa shape index (κ2) is 12.2. The third-order valence-corrected chi connectivity index (χ3v) is 4.98. The Morgan fingerprint density at radius 2 is 1.34 bits per heavy atom. The van der Waals surface area contributed by atoms with Gasteiger partial charge in [0.2, 0.25) is 0 Å². The second-order valence-electron chi connectivity index (χ2n) is 9.41. The summed E-state index contributed by atoms with van der Waals surface area (Å²) in [5.41, 5.74) is 1.86. The number of halogens is 1. The highest BCUT2D eigenvalue weighted by Gasteiger charge is 2.34. The Balaban J connectivity index is 0.00000420. The van der Waals surface area contributed by atoms with Crippen molar-refractivity contribution in [3.05, 3.63) is 66.2 Å². The molecule has 0 aromatic heterocycles. The van der Waals surface area contributed by atoms with Gasteiger partial charge in [0.05, 0.1) is 18.8 Å². The Morgan fingerprint density at radius 1 is 0.759 bits per heavy atom. The number of ether oxygens (including phenoxy) is 2. The van der Waals surface area contributed by atoms with Crippen molar-refractivity contribution in [1.29, 1.82) is 0 Å². The maximum Gasteiger partial charge on any atom is 0.119 e. The Hall–Kier alpha value is -1.55. The van der Waals surface area contributed by atoms with Crippen LogP contribution in [0.3, 0.4) is 0 Å². The predicted molar refractivity (Wildman–Crippen MR) is 117 cm³/mol. The van der Waals surface area contributed by atoms with Crippen LogP contribution < -0.4 is 22.0 Å². The Kier molecular flexibility index (Phi) is 10.7. The lowest BCUT2D eigenvalue weighted by molar-refractivity contribution is -0.963. The molecule has 2 aromatic rings. The lowest BCUT2D eigenvalue weighted by Gasteiger charge is -2.39. The van der Waals surface area contributed by atoms with Crippen LogP contribution in [0.4, 0.5) is 0 Å². The maximum atomic E-state index is 5.90. The van der Waals surface area contributed by atoms with E-state index in [1.807, 2.05) is 30.3 Å². The smallest absolute Gasteiger partial charge is 0.119 e. The van der Waals surface area contributed by atoms with Gasteiger partial charge in [0.1, 0.15) is 25.4 Å². The normalized spacial score (nSPS) is 12.9. The van der Waals surface area contributed by atoms with E-state index >= 15 is 0 Å². The minimum Gasteiger partial charge on any atom is -1.00 e. The number of benzene rings is 2. The molecule has 0 aliphatic carbocycles. The first-order chi connectivity index (χ1) is 13.3. The molecule has 162 valence electrons. The van der Waals surface area contributed by atoms with Gasteiger partial charge in [0, 0.05) is 12.0 Å². The summed E-state index contributed by atoms with van der Waals surface area (Å²) in [5, 5.41) is 0. The van der Waals surface area contributed by atoms with E-state index in [1.54, 1.807) is 4.90 Å². The van der Waals surface area contributed by atoms with Gasteiger partial charge in [-0.05, 0) is 31.4 Å². The zero-order valence-corrected chi connectivity index (χ0v) is 19.5. The number of nitrogens with one attached hydrogen (secondary N) is 1. The molecule has 0 spiro atoms. The fourth-order valence-electron chi connectivity index (χ4n) is 3.99. The molecule has 0 saturated heterocycles. The minimum absolute atomic E-state index is 0. The van der Waals surface area contributed by atoms with Gasteiger partial charge < -0.3 is 26.8 Å². The lowest BCUT2D eigenvalue weighted by Crippen LogP contribution is -3.18. The molecule has 3 nitrogen and oxygen atoms in total. The number of quaternary nitrogens is 1. The lowest BCUT2D eigenvalue weighted by atomic mass is 9.80. The molecule has 2 aromatic carbocycles. The molecule has 0 radical (unpaired) electrons. The molecule has 2 rings (SSSR count). The van der Waals surface area contributed by atoms with E-state index in [0.717, 1.165) is 25.4 Å². The van der Waals surface area contributed by atoms with Crippen LogP contribution in [0.2, 0.25) is 0 Å². The summed E-state index contributed by atoms with van der Waals surface area (Å²) in [6.07, 6.45) is 1.17. The van der Waals surface area contributed by atoms with Gasteiger partial charge in [0.25, 0.3) is 0 Å². The summed E-state index contributed by atoms with van der Waals surface area (Å²) in [5.74, 6) is 0.897. The van der Waals surface area contributed by atoms with Gasteiger partial charge in [-0.25, -0.2) is 0 Å². The largest absolute Gasteiger partial charge is 1.00 e. The average Bonchev–Trinajstić information content (AvgIpc) is 2.63. The van der Waals surface area contributed by atoms with E-state index in [9.17, 15) is 0 Å². The number of para-hydroxylation sites is 1. The predicted octanol–water partition coefficient (Wildman–Crippen LogP) is 1.39. The quantitative estimate of drug-likeness (QED) is 0.556. The van der Waals surface area contributed by atoms with Gasteiger partial charge in [-0.2, -0.15) is 0 Å². The molecule has 0 saturated carbocycles. The van der Waals surface area contributed by atoms with Gasteiger partial charge in [-0.3, -0.25) is 0 Å². The molecular formula is C25H38ClNO2. The van der Waals surface area contributed by atoms with E-state index < -0.39 is 0 Å². The monoisotopic (exact) mass is 419 g/mol. The molecular weight excluding hydrogens is 382 g/mol. The summed E-state index contributed by atoms with van der Waals surface area (Å²) in [4.78, 5) is 1.57. The molecule has 1 N–H and O–H groups in total. The van der Waals surface area contributed by atoms with Crippen molar-refractivity contribution in [2.45, 2.75) is 53.1 Å². The number of hydrogen-bond acceptors (Lipinski definition) is 2. The van der Waals surface area contributed by atoms with E-state index in [0.29, 0.717) is 18.6 Å². The number of hydrogen-bond donors (Lipinski definition) is 1. The first kappa shape index (κ1) is 25.5. The zero-order valence-electron chi connectivity index (χ0n) is 18.7. The van der Waals surface area contributed by atoms with Crippen molar-refractivity contribution in [2.75, 3.05) is 26.4 Å². The topological polar surface area (TPSA) is 22.9 Å². The van der Waals surface area contributed by atoms with E-state index in [2.05, 4.69) is 65.0 Å². The highest BCUT2D eigenvalue weighted by Crippen LogP contribution is 2.25. The van der Waals surface area contributed by atoms with Gasteiger partial charge in [0.15, 0.2) is 0 Å². The van der Waals surface area contributed by atoms with Crippen LogP contribution in [0.15, 0.2) is 60.7 Å². The van der Waals surface area contributed by atoms with E-state index in [-0.39, 0.29) is 17.9 Å². The van der Waals surface area contributed by atoms with Crippen molar-refractivity contribution in [2.24, 2.45) is 5.41 Å². The first-order valence-electron chi connectivity index (χ1n) is 10.4. The second-order valence-corrected chi connectivity index (χ2v) is 9.41. The number of rotatable bonds is 11. The van der Waals surface area contributed by atoms with Crippen LogP contribution in [-0.4, -0.2) is 31.9 Å². The Labute approximate surface area is 183 Å². The third kappa shape index (κ3) is 10.2. The zero-order chi connectivity index (χ0) is 20.5. The van der Waals surface area contributed by atoms with Gasteiger partial charge in [-0.15, -0.1) is 0 Å². The maximum absolute atomic E-state index is 5.90. The van der Waals surface area contributed by atoms with E-state index in [1.165, 1.54) is 12.0 Å². The van der Waals surface area contributed by atoms with Crippen molar-refractivity contribution in [1.82, 2.24) is 0 Å². The summed E-state index contributed by atoms with van der Waals surface area (Å²) in [6, 6.07) is 20.7. The Morgan fingerprint density at radius 3 is 1.93 bits per heavy atom. The molecule has 4 heteroatoms. The van der Waals surface area contributed by atoms with Crippen LogP contribution in [-0.2, 0) is 11.3 Å². The van der Waals surface area contributed by atoms with Crippen molar-refractivity contribution in [3.8, 4) is 5.75 Å². The van der Waals surface area contributed by atoms with Crippen LogP contribution in [0.25, 0.3) is 0 Å². The van der Waals surface area contributed by atoms with Crippen molar-refractivity contribution >= 4 is 0 Å². The fourth-order valence-corrected chi connectivity index (χ4v) is 3.99. The fraction of sp³-hybridized carbons (Fsp3) is 0.520. The molecule has 1 unspecified atom stereocenters. The standard InChI is InChI=1S/C25H37NO2.ClH/c1-24(2,3)21-25(4,5)26(20-22-12-8-6-9-13-22)16-17-27-18-19-28-23-14-10-7-11-15-23;/h6-15H,16-21H2,1-5H3;1H. The van der Waals surface area contributed by atoms with Crippen LogP contribution in [0.1, 0.15) is 46.6 Å².